The lowest BCUT2D eigenvalue weighted by Crippen LogP contribution is -2.24. The van der Waals surface area contributed by atoms with E-state index < -0.39 is 33.2 Å². The zero-order valence-electron chi connectivity index (χ0n) is 11.9. The van der Waals surface area contributed by atoms with Gasteiger partial charge in [0, 0.05) is 12.2 Å². The van der Waals surface area contributed by atoms with Crippen LogP contribution in [0.15, 0.2) is 18.2 Å². The summed E-state index contributed by atoms with van der Waals surface area (Å²) < 4.78 is 61.3. The van der Waals surface area contributed by atoms with E-state index in [0.29, 0.717) is 6.42 Å². The third kappa shape index (κ3) is 5.64. The summed E-state index contributed by atoms with van der Waals surface area (Å²) in [5.74, 6) is -1.80. The van der Waals surface area contributed by atoms with E-state index in [4.69, 9.17) is 5.73 Å². The first kappa shape index (κ1) is 18.4. The number of hydrogen-bond acceptors (Lipinski definition) is 4. The first-order valence-corrected chi connectivity index (χ1v) is 8.31. The van der Waals surface area contributed by atoms with Crippen molar-refractivity contribution in [3.05, 3.63) is 29.3 Å². The van der Waals surface area contributed by atoms with Gasteiger partial charge in [0.1, 0.15) is 5.75 Å². The zero-order chi connectivity index (χ0) is 17.0. The summed E-state index contributed by atoms with van der Waals surface area (Å²) in [6, 6.07) is 2.90. The summed E-state index contributed by atoms with van der Waals surface area (Å²) >= 11 is 0. The molecule has 0 aliphatic heterocycles. The molecule has 9 heteroatoms. The monoisotopic (exact) mass is 338 g/mol. The van der Waals surface area contributed by atoms with E-state index in [-0.39, 0.29) is 23.5 Å². The van der Waals surface area contributed by atoms with Gasteiger partial charge in [0.15, 0.2) is 9.84 Å². The lowest BCUT2D eigenvalue weighted by molar-refractivity contribution is -0.137. The molecule has 0 saturated carbocycles. The first-order chi connectivity index (χ1) is 10.1. The zero-order valence-corrected chi connectivity index (χ0v) is 12.7. The molecule has 0 spiro atoms. The Balaban J connectivity index is 2.96. The number of carbonyl (C=O) groups is 1. The molecule has 1 amide bonds. The molecule has 1 aromatic carbocycles. The van der Waals surface area contributed by atoms with Crippen LogP contribution >= 0.6 is 0 Å². The van der Waals surface area contributed by atoms with Crippen LogP contribution in [0.1, 0.15) is 24.5 Å². The van der Waals surface area contributed by atoms with Crippen LogP contribution in [0.25, 0.3) is 0 Å². The van der Waals surface area contributed by atoms with Gasteiger partial charge in [-0.05, 0) is 30.2 Å². The maximum absolute atomic E-state index is 12.7. The van der Waals surface area contributed by atoms with Gasteiger partial charge in [-0.1, -0.05) is 6.92 Å². The lowest BCUT2D eigenvalue weighted by atomic mass is 10.1. The molecule has 0 radical (unpaired) electrons. The molecule has 0 aliphatic carbocycles. The van der Waals surface area contributed by atoms with Crippen LogP contribution in [0.2, 0.25) is 0 Å². The fourth-order valence-corrected chi connectivity index (χ4v) is 3.06. The predicted octanol–water partition coefficient (Wildman–Crippen LogP) is 1.93. The number of benzene rings is 1. The van der Waals surface area contributed by atoms with Crippen LogP contribution < -0.4 is 11.1 Å². The van der Waals surface area contributed by atoms with Gasteiger partial charge in [0.05, 0.1) is 11.3 Å². The number of sulfone groups is 1. The number of amides is 1. The number of anilines is 1. The third-order valence-electron chi connectivity index (χ3n) is 2.71. The standard InChI is InChI=1S/C13H17F3N2O3S/c1-2-3-22(20,21)8-12(19)18-11-5-9(7-17)4-10(6-11)13(14,15)16/h4-6H,2-3,7-8,17H2,1H3,(H,18,19). The van der Waals surface area contributed by atoms with Crippen LogP contribution in [0.3, 0.4) is 0 Å². The van der Waals surface area contributed by atoms with Gasteiger partial charge in [-0.3, -0.25) is 4.79 Å². The summed E-state index contributed by atoms with van der Waals surface area (Å²) in [4.78, 5) is 11.7. The van der Waals surface area contributed by atoms with Gasteiger partial charge >= 0.3 is 6.18 Å². The highest BCUT2D eigenvalue weighted by atomic mass is 32.2. The lowest BCUT2D eigenvalue weighted by Gasteiger charge is -2.12. The van der Waals surface area contributed by atoms with Crippen molar-refractivity contribution < 1.29 is 26.4 Å². The topological polar surface area (TPSA) is 89.3 Å². The minimum atomic E-state index is -4.58. The molecule has 0 aliphatic rings. The van der Waals surface area contributed by atoms with E-state index in [0.717, 1.165) is 12.1 Å². The van der Waals surface area contributed by atoms with E-state index in [2.05, 4.69) is 5.32 Å². The maximum atomic E-state index is 12.7. The molecule has 0 fully saturated rings. The Kier molecular flexibility index (Phi) is 5.95. The van der Waals surface area contributed by atoms with Gasteiger partial charge in [-0.25, -0.2) is 8.42 Å². The molecule has 0 bridgehead atoms. The minimum absolute atomic E-state index is 0.132. The van der Waals surface area contributed by atoms with Crippen molar-refractivity contribution in [1.29, 1.82) is 0 Å². The number of carbonyl (C=O) groups excluding carboxylic acids is 1. The maximum Gasteiger partial charge on any atom is 0.416 e. The molecular weight excluding hydrogens is 321 g/mol. The molecule has 0 saturated heterocycles. The summed E-state index contributed by atoms with van der Waals surface area (Å²) in [5, 5.41) is 2.17. The average Bonchev–Trinajstić information content (AvgIpc) is 2.36. The normalized spacial score (nSPS) is 12.2. The van der Waals surface area contributed by atoms with Crippen LogP contribution in [-0.4, -0.2) is 25.8 Å². The molecular formula is C13H17F3N2O3S. The fraction of sp³-hybridized carbons (Fsp3) is 0.462. The van der Waals surface area contributed by atoms with E-state index in [9.17, 15) is 26.4 Å². The second-order valence-electron chi connectivity index (χ2n) is 4.76. The van der Waals surface area contributed by atoms with Crippen molar-refractivity contribution in [2.24, 2.45) is 5.73 Å². The highest BCUT2D eigenvalue weighted by Gasteiger charge is 2.31. The molecule has 124 valence electrons. The highest BCUT2D eigenvalue weighted by Crippen LogP contribution is 2.32. The van der Waals surface area contributed by atoms with Crippen LogP contribution in [0.4, 0.5) is 18.9 Å². The molecule has 1 aromatic rings. The second-order valence-corrected chi connectivity index (χ2v) is 6.94. The molecule has 0 aromatic heterocycles. The number of hydrogen-bond donors (Lipinski definition) is 2. The van der Waals surface area contributed by atoms with Gasteiger partial charge in [0.25, 0.3) is 0 Å². The smallest absolute Gasteiger partial charge is 0.326 e. The molecule has 0 atom stereocenters. The molecule has 3 N–H and O–H groups in total. The van der Waals surface area contributed by atoms with Crippen molar-refractivity contribution in [2.75, 3.05) is 16.8 Å². The van der Waals surface area contributed by atoms with Gasteiger partial charge in [-0.15, -0.1) is 0 Å². The number of alkyl halides is 3. The molecule has 0 heterocycles. The average molecular weight is 338 g/mol. The summed E-state index contributed by atoms with van der Waals surface area (Å²) in [6.45, 7) is 1.51. The van der Waals surface area contributed by atoms with Crippen molar-refractivity contribution in [1.82, 2.24) is 0 Å². The summed E-state index contributed by atoms with van der Waals surface area (Å²) in [5.41, 5.74) is 4.42. The highest BCUT2D eigenvalue weighted by molar-refractivity contribution is 7.92. The van der Waals surface area contributed by atoms with Gasteiger partial charge in [0.2, 0.25) is 5.91 Å². The Morgan fingerprint density at radius 1 is 1.27 bits per heavy atom. The fourth-order valence-electron chi connectivity index (χ4n) is 1.83. The minimum Gasteiger partial charge on any atom is -0.326 e. The number of rotatable bonds is 6. The van der Waals surface area contributed by atoms with E-state index >= 15 is 0 Å². The second kappa shape index (κ2) is 7.10. The summed E-state index contributed by atoms with van der Waals surface area (Å²) in [7, 11) is -3.56. The largest absolute Gasteiger partial charge is 0.416 e. The van der Waals surface area contributed by atoms with Crippen LogP contribution in [0.5, 0.6) is 0 Å². The van der Waals surface area contributed by atoms with E-state index in [1.165, 1.54) is 6.07 Å². The van der Waals surface area contributed by atoms with Gasteiger partial charge in [-0.2, -0.15) is 13.2 Å². The van der Waals surface area contributed by atoms with Crippen LogP contribution in [-0.2, 0) is 27.4 Å². The quantitative estimate of drug-likeness (QED) is 0.829. The Morgan fingerprint density at radius 3 is 2.41 bits per heavy atom. The Bertz CT molecular complexity index is 642. The number of nitrogens with two attached hydrogens (primary N) is 1. The predicted molar refractivity (Wildman–Crippen MR) is 76.9 cm³/mol. The number of halogens is 3. The molecule has 0 unspecified atom stereocenters. The Labute approximate surface area is 126 Å². The van der Waals surface area contributed by atoms with Gasteiger partial charge < -0.3 is 11.1 Å². The van der Waals surface area contributed by atoms with E-state index in [1.54, 1.807) is 6.92 Å². The van der Waals surface area contributed by atoms with Crippen molar-refractivity contribution in [3.8, 4) is 0 Å². The van der Waals surface area contributed by atoms with Crippen molar-refractivity contribution in [3.63, 3.8) is 0 Å². The molecule has 1 rings (SSSR count). The van der Waals surface area contributed by atoms with Crippen molar-refractivity contribution >= 4 is 21.4 Å². The first-order valence-electron chi connectivity index (χ1n) is 6.49. The SMILES string of the molecule is CCCS(=O)(=O)CC(=O)Nc1cc(CN)cc(C(F)(F)F)c1. The van der Waals surface area contributed by atoms with E-state index in [1.807, 2.05) is 0 Å². The van der Waals surface area contributed by atoms with Crippen molar-refractivity contribution in [2.45, 2.75) is 26.1 Å². The Hall–Kier alpha value is -1.61. The molecule has 22 heavy (non-hydrogen) atoms. The number of nitrogens with one attached hydrogen (secondary N) is 1. The summed E-state index contributed by atoms with van der Waals surface area (Å²) in [6.07, 6.45) is -4.23. The van der Waals surface area contributed by atoms with Crippen LogP contribution in [0, 0.1) is 0 Å². The Morgan fingerprint density at radius 2 is 1.91 bits per heavy atom. The molecule has 5 nitrogen and oxygen atoms in total. The third-order valence-corrected chi connectivity index (χ3v) is 4.44.